The fourth-order valence-electron chi connectivity index (χ4n) is 5.02. The van der Waals surface area contributed by atoms with E-state index in [-0.39, 0.29) is 0 Å². The lowest BCUT2D eigenvalue weighted by Crippen LogP contribution is -2.12. The molecule has 146 valence electrons. The molecular weight excluding hydrogens is 324 g/mol. The summed E-state index contributed by atoms with van der Waals surface area (Å²) in [5, 5.41) is 0. The second-order valence-corrected chi connectivity index (χ2v) is 8.86. The summed E-state index contributed by atoms with van der Waals surface area (Å²) >= 11 is 0. The lowest BCUT2D eigenvalue weighted by atomic mass is 9.78. The van der Waals surface area contributed by atoms with Gasteiger partial charge in [0.1, 0.15) is 0 Å². The highest BCUT2D eigenvalue weighted by Gasteiger charge is 2.21. The molecule has 0 atom stereocenters. The molecule has 2 aliphatic carbocycles. The SMILES string of the molecule is CCC[C@H]1CC[C@H](/C=C/C#C[C@H]2CC[C@H](c3ccc(CC)cc3)CC2)CC1. The fourth-order valence-corrected chi connectivity index (χ4v) is 5.02. The summed E-state index contributed by atoms with van der Waals surface area (Å²) in [7, 11) is 0. The van der Waals surface area contributed by atoms with Crippen LogP contribution in [0.2, 0.25) is 0 Å². The molecule has 0 nitrogen and oxygen atoms in total. The van der Waals surface area contributed by atoms with Gasteiger partial charge in [-0.1, -0.05) is 68.9 Å². The molecule has 0 radical (unpaired) electrons. The topological polar surface area (TPSA) is 0 Å². The van der Waals surface area contributed by atoms with Crippen LogP contribution in [0, 0.1) is 29.6 Å². The molecule has 0 aliphatic heterocycles. The minimum Gasteiger partial charge on any atom is -0.0951 e. The maximum absolute atomic E-state index is 3.54. The zero-order valence-electron chi connectivity index (χ0n) is 17.6. The number of rotatable bonds is 5. The number of hydrogen-bond donors (Lipinski definition) is 0. The van der Waals surface area contributed by atoms with Crippen molar-refractivity contribution in [1.29, 1.82) is 0 Å². The molecule has 0 heteroatoms. The highest BCUT2D eigenvalue weighted by molar-refractivity contribution is 5.26. The van der Waals surface area contributed by atoms with Crippen molar-refractivity contribution in [2.24, 2.45) is 17.8 Å². The number of aryl methyl sites for hydroxylation is 1. The summed E-state index contributed by atoms with van der Waals surface area (Å²) in [5.41, 5.74) is 2.99. The van der Waals surface area contributed by atoms with Gasteiger partial charge in [-0.15, -0.1) is 0 Å². The smallest absolute Gasteiger partial charge is 0.0206 e. The molecule has 0 heterocycles. The molecular formula is C27H38. The fraction of sp³-hybridized carbons (Fsp3) is 0.630. The first-order valence-electron chi connectivity index (χ1n) is 11.5. The molecule has 0 N–H and O–H groups in total. The van der Waals surface area contributed by atoms with Crippen molar-refractivity contribution in [2.75, 3.05) is 0 Å². The van der Waals surface area contributed by atoms with E-state index < -0.39 is 0 Å². The number of hydrogen-bond acceptors (Lipinski definition) is 0. The lowest BCUT2D eigenvalue weighted by molar-refractivity contribution is 0.294. The lowest BCUT2D eigenvalue weighted by Gasteiger charge is -2.26. The van der Waals surface area contributed by atoms with Crippen molar-refractivity contribution < 1.29 is 0 Å². The summed E-state index contributed by atoms with van der Waals surface area (Å²) in [6.07, 6.45) is 19.2. The average molecular weight is 363 g/mol. The van der Waals surface area contributed by atoms with Gasteiger partial charge in [-0.05, 0) is 92.7 Å². The normalized spacial score (nSPS) is 28.7. The van der Waals surface area contributed by atoms with Crippen LogP contribution in [0.1, 0.15) is 95.1 Å². The third-order valence-corrected chi connectivity index (χ3v) is 6.91. The molecule has 2 saturated carbocycles. The predicted molar refractivity (Wildman–Crippen MR) is 118 cm³/mol. The Morgan fingerprint density at radius 2 is 1.59 bits per heavy atom. The summed E-state index contributed by atoms with van der Waals surface area (Å²) < 4.78 is 0. The van der Waals surface area contributed by atoms with Crippen LogP contribution < -0.4 is 0 Å². The van der Waals surface area contributed by atoms with E-state index in [0.29, 0.717) is 5.92 Å². The molecule has 0 saturated heterocycles. The van der Waals surface area contributed by atoms with Gasteiger partial charge >= 0.3 is 0 Å². The minimum absolute atomic E-state index is 0.612. The second kappa shape index (κ2) is 10.8. The number of benzene rings is 1. The van der Waals surface area contributed by atoms with E-state index in [1.165, 1.54) is 75.3 Å². The van der Waals surface area contributed by atoms with E-state index in [0.717, 1.165) is 24.2 Å². The molecule has 27 heavy (non-hydrogen) atoms. The standard InChI is InChI=1S/C27H38/c1-3-7-23-10-12-24(13-11-23)8-5-6-9-25-16-20-27(21-17-25)26-18-14-22(4-2)15-19-26/h5,8,14-15,18-19,23-25,27H,3-4,7,10-13,16-17,20-21H2,1-2H3/b8-5+/t23-,24-,25-,27-. The Balaban J connectivity index is 1.39. The Hall–Kier alpha value is -1.48. The predicted octanol–water partition coefficient (Wildman–Crippen LogP) is 7.69. The molecule has 0 aromatic heterocycles. The van der Waals surface area contributed by atoms with Gasteiger partial charge in [0.15, 0.2) is 0 Å². The maximum Gasteiger partial charge on any atom is 0.0206 e. The highest BCUT2D eigenvalue weighted by atomic mass is 14.3. The van der Waals surface area contributed by atoms with Crippen LogP contribution in [0.5, 0.6) is 0 Å². The number of allylic oxidation sites excluding steroid dienone is 2. The van der Waals surface area contributed by atoms with Gasteiger partial charge in [-0.25, -0.2) is 0 Å². The zero-order chi connectivity index (χ0) is 18.9. The molecule has 1 aromatic carbocycles. The van der Waals surface area contributed by atoms with Gasteiger partial charge in [-0.2, -0.15) is 0 Å². The molecule has 0 unspecified atom stereocenters. The van der Waals surface area contributed by atoms with E-state index in [2.05, 4.69) is 62.1 Å². The van der Waals surface area contributed by atoms with Crippen LogP contribution in [0.15, 0.2) is 36.4 Å². The molecule has 1 aromatic rings. The maximum atomic E-state index is 3.54. The van der Waals surface area contributed by atoms with Gasteiger partial charge in [0.25, 0.3) is 0 Å². The first-order valence-corrected chi connectivity index (χ1v) is 11.5. The largest absolute Gasteiger partial charge is 0.0951 e. The Labute approximate surface area is 167 Å². The van der Waals surface area contributed by atoms with Crippen LogP contribution in [0.25, 0.3) is 0 Å². The Kier molecular flexibility index (Phi) is 8.07. The third kappa shape index (κ3) is 6.27. The van der Waals surface area contributed by atoms with Crippen molar-refractivity contribution >= 4 is 0 Å². The van der Waals surface area contributed by atoms with Gasteiger partial charge in [0.2, 0.25) is 0 Å². The second-order valence-electron chi connectivity index (χ2n) is 8.86. The zero-order valence-corrected chi connectivity index (χ0v) is 17.6. The first-order chi connectivity index (χ1) is 13.3. The van der Waals surface area contributed by atoms with Crippen molar-refractivity contribution in [2.45, 2.75) is 90.4 Å². The first kappa shape index (κ1) is 20.3. The molecule has 2 fully saturated rings. The van der Waals surface area contributed by atoms with E-state index in [1.807, 2.05) is 0 Å². The van der Waals surface area contributed by atoms with Crippen LogP contribution in [0.4, 0.5) is 0 Å². The van der Waals surface area contributed by atoms with E-state index in [4.69, 9.17) is 0 Å². The Morgan fingerprint density at radius 3 is 2.22 bits per heavy atom. The monoisotopic (exact) mass is 362 g/mol. The van der Waals surface area contributed by atoms with Gasteiger partial charge in [-0.3, -0.25) is 0 Å². The van der Waals surface area contributed by atoms with Crippen LogP contribution in [-0.2, 0) is 6.42 Å². The summed E-state index contributed by atoms with van der Waals surface area (Å²) in [6.45, 7) is 4.54. The van der Waals surface area contributed by atoms with E-state index in [1.54, 1.807) is 0 Å². The molecule has 0 amide bonds. The summed E-state index contributed by atoms with van der Waals surface area (Å²) in [6, 6.07) is 9.32. The van der Waals surface area contributed by atoms with Gasteiger partial charge < -0.3 is 0 Å². The molecule has 0 bridgehead atoms. The van der Waals surface area contributed by atoms with Crippen molar-refractivity contribution in [3.05, 3.63) is 47.5 Å². The molecule has 3 rings (SSSR count). The minimum atomic E-state index is 0.612. The Bertz CT molecular complexity index is 623. The summed E-state index contributed by atoms with van der Waals surface area (Å²) in [4.78, 5) is 0. The van der Waals surface area contributed by atoms with E-state index in [9.17, 15) is 0 Å². The quantitative estimate of drug-likeness (QED) is 0.471. The summed E-state index contributed by atoms with van der Waals surface area (Å²) in [5.74, 6) is 10.1. The third-order valence-electron chi connectivity index (χ3n) is 6.91. The molecule has 2 aliphatic rings. The van der Waals surface area contributed by atoms with Crippen molar-refractivity contribution in [3.8, 4) is 11.8 Å². The molecule has 0 spiro atoms. The van der Waals surface area contributed by atoms with Crippen LogP contribution in [0.3, 0.4) is 0 Å². The van der Waals surface area contributed by atoms with E-state index >= 15 is 0 Å². The van der Waals surface area contributed by atoms with Crippen molar-refractivity contribution in [1.82, 2.24) is 0 Å². The highest BCUT2D eigenvalue weighted by Crippen LogP contribution is 2.35. The van der Waals surface area contributed by atoms with Crippen LogP contribution in [-0.4, -0.2) is 0 Å². The average Bonchev–Trinajstić information content (AvgIpc) is 2.73. The van der Waals surface area contributed by atoms with Crippen LogP contribution >= 0.6 is 0 Å². The van der Waals surface area contributed by atoms with Gasteiger partial charge in [0, 0.05) is 5.92 Å². The van der Waals surface area contributed by atoms with Gasteiger partial charge in [0.05, 0.1) is 0 Å². The Morgan fingerprint density at radius 1 is 0.889 bits per heavy atom. The van der Waals surface area contributed by atoms with Crippen molar-refractivity contribution in [3.63, 3.8) is 0 Å².